The molecule has 124 valence electrons. The van der Waals surface area contributed by atoms with E-state index in [1.165, 1.54) is 23.1 Å². The summed E-state index contributed by atoms with van der Waals surface area (Å²) in [6.07, 6.45) is 6.80. The smallest absolute Gasteiger partial charge is 0.277 e. The number of benzene rings is 1. The highest BCUT2D eigenvalue weighted by Gasteiger charge is 2.18. The van der Waals surface area contributed by atoms with Crippen LogP contribution in [-0.2, 0) is 6.61 Å². The van der Waals surface area contributed by atoms with Crippen LogP contribution in [0.2, 0.25) is 5.02 Å². The quantitative estimate of drug-likeness (QED) is 0.569. The van der Waals surface area contributed by atoms with E-state index < -0.39 is 5.82 Å². The van der Waals surface area contributed by atoms with E-state index in [0.29, 0.717) is 18.1 Å². The fourth-order valence-electron chi connectivity index (χ4n) is 1.87. The van der Waals surface area contributed by atoms with Crippen LogP contribution in [0.5, 0.6) is 5.75 Å². The highest BCUT2D eigenvalue weighted by molar-refractivity contribution is 6.32. The second-order valence-corrected chi connectivity index (χ2v) is 5.13. The Morgan fingerprint density at radius 1 is 1.54 bits per heavy atom. The van der Waals surface area contributed by atoms with Gasteiger partial charge >= 0.3 is 0 Å². The molecule has 0 spiro atoms. The summed E-state index contributed by atoms with van der Waals surface area (Å²) in [7, 11) is 0. The molecule has 24 heavy (non-hydrogen) atoms. The molecule has 0 saturated heterocycles. The van der Waals surface area contributed by atoms with Gasteiger partial charge < -0.3 is 14.2 Å². The molecule has 0 aliphatic heterocycles. The van der Waals surface area contributed by atoms with E-state index in [-0.39, 0.29) is 29.8 Å². The first-order valence-electron chi connectivity index (χ1n) is 6.92. The van der Waals surface area contributed by atoms with Crippen LogP contribution in [0.15, 0.2) is 41.4 Å². The molecule has 0 bridgehead atoms. The average Bonchev–Trinajstić information content (AvgIpc) is 3.02. The monoisotopic (exact) mass is 348 g/mol. The lowest BCUT2D eigenvalue weighted by Crippen LogP contribution is -2.31. The molecule has 2 rings (SSSR count). The lowest BCUT2D eigenvalue weighted by atomic mass is 10.3. The van der Waals surface area contributed by atoms with Crippen molar-refractivity contribution >= 4 is 17.5 Å². The second-order valence-electron chi connectivity index (χ2n) is 4.72. The molecule has 7 heteroatoms. The SMILES string of the molecule is C#CCN(CC=C)C(=O)c1cc(COc2ccc(F)cc2Cl)on1. The number of amides is 1. The number of hydrogen-bond donors (Lipinski definition) is 0. The lowest BCUT2D eigenvalue weighted by molar-refractivity contribution is 0.0783. The van der Waals surface area contributed by atoms with Crippen LogP contribution in [0.1, 0.15) is 16.2 Å². The number of terminal acetylenes is 1. The first-order valence-corrected chi connectivity index (χ1v) is 7.30. The van der Waals surface area contributed by atoms with E-state index in [1.807, 2.05) is 0 Å². The Balaban J connectivity index is 2.03. The molecular weight excluding hydrogens is 335 g/mol. The predicted octanol–water partition coefficient (Wildman–Crippen LogP) is 3.31. The van der Waals surface area contributed by atoms with Gasteiger partial charge in [0.05, 0.1) is 11.6 Å². The van der Waals surface area contributed by atoms with Crippen LogP contribution in [0.4, 0.5) is 4.39 Å². The first-order chi connectivity index (χ1) is 11.5. The van der Waals surface area contributed by atoms with Crippen LogP contribution in [-0.4, -0.2) is 29.1 Å². The number of hydrogen-bond acceptors (Lipinski definition) is 4. The largest absolute Gasteiger partial charge is 0.484 e. The maximum Gasteiger partial charge on any atom is 0.277 e. The van der Waals surface area contributed by atoms with E-state index >= 15 is 0 Å². The molecule has 0 atom stereocenters. The van der Waals surface area contributed by atoms with Crippen LogP contribution >= 0.6 is 11.6 Å². The maximum absolute atomic E-state index is 13.0. The second kappa shape index (κ2) is 8.18. The summed E-state index contributed by atoms with van der Waals surface area (Å²) >= 11 is 5.86. The number of halogens is 2. The maximum atomic E-state index is 13.0. The zero-order valence-electron chi connectivity index (χ0n) is 12.7. The van der Waals surface area contributed by atoms with E-state index in [0.717, 1.165) is 6.07 Å². The summed E-state index contributed by atoms with van der Waals surface area (Å²) in [5.41, 5.74) is 0.107. The standard InChI is InChI=1S/C17H14ClFN2O3/c1-3-7-21(8-4-2)17(22)15-10-13(24-20-15)11-23-16-6-5-12(19)9-14(16)18/h1,4-6,9-10H,2,7-8,11H2. The third-order valence-corrected chi connectivity index (χ3v) is 3.26. The topological polar surface area (TPSA) is 55.6 Å². The molecule has 1 aromatic carbocycles. The van der Waals surface area contributed by atoms with Gasteiger partial charge in [0.15, 0.2) is 11.5 Å². The van der Waals surface area contributed by atoms with Crippen molar-refractivity contribution in [3.63, 3.8) is 0 Å². The molecule has 0 N–H and O–H groups in total. The number of aromatic nitrogens is 1. The minimum Gasteiger partial charge on any atom is -0.484 e. The molecule has 1 aromatic heterocycles. The van der Waals surface area contributed by atoms with Gasteiger partial charge in [-0.25, -0.2) is 4.39 Å². The Morgan fingerprint density at radius 2 is 2.33 bits per heavy atom. The predicted molar refractivity (Wildman–Crippen MR) is 87.2 cm³/mol. The van der Waals surface area contributed by atoms with Crippen molar-refractivity contribution < 1.29 is 18.4 Å². The van der Waals surface area contributed by atoms with Gasteiger partial charge in [0.25, 0.3) is 5.91 Å². The van der Waals surface area contributed by atoms with E-state index in [4.69, 9.17) is 27.3 Å². The molecule has 2 aromatic rings. The van der Waals surface area contributed by atoms with E-state index in [9.17, 15) is 9.18 Å². The number of ether oxygens (including phenoxy) is 1. The molecule has 5 nitrogen and oxygen atoms in total. The van der Waals surface area contributed by atoms with Gasteiger partial charge in [0.1, 0.15) is 18.2 Å². The highest BCUT2D eigenvalue weighted by atomic mass is 35.5. The van der Waals surface area contributed by atoms with Crippen LogP contribution in [0.3, 0.4) is 0 Å². The summed E-state index contributed by atoms with van der Waals surface area (Å²) < 4.78 is 23.5. The molecule has 1 heterocycles. The summed E-state index contributed by atoms with van der Waals surface area (Å²) in [5, 5.41) is 3.84. The van der Waals surface area contributed by atoms with Crippen LogP contribution in [0, 0.1) is 18.2 Å². The van der Waals surface area contributed by atoms with Gasteiger partial charge in [-0.3, -0.25) is 4.79 Å². The molecule has 0 fully saturated rings. The Kier molecular flexibility index (Phi) is 5.99. The molecule has 0 aliphatic rings. The summed E-state index contributed by atoms with van der Waals surface area (Å²) in [4.78, 5) is 13.7. The van der Waals surface area contributed by atoms with Gasteiger partial charge in [0.2, 0.25) is 0 Å². The summed E-state index contributed by atoms with van der Waals surface area (Å²) in [5.74, 6) is 2.17. The number of nitrogens with zero attached hydrogens (tertiary/aromatic N) is 2. The minimum absolute atomic E-state index is 0.0117. The van der Waals surface area contributed by atoms with E-state index in [1.54, 1.807) is 6.08 Å². The molecule has 1 amide bonds. The Hall–Kier alpha value is -2.78. The normalized spacial score (nSPS) is 10.0. The highest BCUT2D eigenvalue weighted by Crippen LogP contribution is 2.25. The van der Waals surface area contributed by atoms with Crippen molar-refractivity contribution in [2.24, 2.45) is 0 Å². The fraction of sp³-hybridized carbons (Fsp3) is 0.176. The molecular formula is C17H14ClFN2O3. The van der Waals surface area contributed by atoms with Gasteiger partial charge in [-0.2, -0.15) is 0 Å². The van der Waals surface area contributed by atoms with Crippen LogP contribution in [0.25, 0.3) is 0 Å². The van der Waals surface area contributed by atoms with Gasteiger partial charge in [-0.05, 0) is 18.2 Å². The summed E-state index contributed by atoms with van der Waals surface area (Å²) in [6.45, 7) is 4.00. The van der Waals surface area contributed by atoms with Gasteiger partial charge in [-0.15, -0.1) is 13.0 Å². The number of carbonyl (C=O) groups excluding carboxylic acids is 1. The minimum atomic E-state index is -0.462. The van der Waals surface area contributed by atoms with Crippen molar-refractivity contribution in [2.45, 2.75) is 6.61 Å². The third kappa shape index (κ3) is 4.37. The Labute approximate surface area is 143 Å². The summed E-state index contributed by atoms with van der Waals surface area (Å²) in [6, 6.07) is 5.22. The molecule has 0 aliphatic carbocycles. The average molecular weight is 349 g/mol. The van der Waals surface area contributed by atoms with Crippen molar-refractivity contribution in [2.75, 3.05) is 13.1 Å². The molecule has 0 unspecified atom stereocenters. The van der Waals surface area contributed by atoms with E-state index in [2.05, 4.69) is 17.7 Å². The van der Waals surface area contributed by atoms with Crippen molar-refractivity contribution in [1.29, 1.82) is 0 Å². The molecule has 0 radical (unpaired) electrons. The zero-order chi connectivity index (χ0) is 17.5. The Bertz CT molecular complexity index is 782. The van der Waals surface area contributed by atoms with Crippen molar-refractivity contribution in [1.82, 2.24) is 10.1 Å². The van der Waals surface area contributed by atoms with Crippen LogP contribution < -0.4 is 4.74 Å². The van der Waals surface area contributed by atoms with Crippen molar-refractivity contribution in [3.05, 3.63) is 59.2 Å². The van der Waals surface area contributed by atoms with Crippen molar-refractivity contribution in [3.8, 4) is 18.1 Å². The lowest BCUT2D eigenvalue weighted by Gasteiger charge is -2.16. The zero-order valence-corrected chi connectivity index (χ0v) is 13.4. The van der Waals surface area contributed by atoms with Gasteiger partial charge in [0, 0.05) is 12.6 Å². The first kappa shape index (κ1) is 17.6. The van der Waals surface area contributed by atoms with Gasteiger partial charge in [-0.1, -0.05) is 28.8 Å². The fourth-order valence-corrected chi connectivity index (χ4v) is 2.09. The number of rotatable bonds is 7. The Morgan fingerprint density at radius 3 is 3.00 bits per heavy atom. The number of carbonyl (C=O) groups is 1. The molecule has 0 saturated carbocycles. The third-order valence-electron chi connectivity index (χ3n) is 2.96.